The molecular weight excluding hydrogens is 239 g/mol. The van der Waals surface area contributed by atoms with Crippen molar-refractivity contribution in [2.24, 2.45) is 0 Å². The van der Waals surface area contributed by atoms with Crippen LogP contribution in [-0.4, -0.2) is 22.4 Å². The lowest BCUT2D eigenvalue weighted by Gasteiger charge is -2.17. The van der Waals surface area contributed by atoms with Gasteiger partial charge in [0.2, 0.25) is 5.82 Å². The maximum Gasteiger partial charge on any atom is 0.261 e. The minimum atomic E-state index is -0.718. The lowest BCUT2D eigenvalue weighted by Crippen LogP contribution is -2.21. The molecule has 0 spiro atoms. The van der Waals surface area contributed by atoms with Gasteiger partial charge in [0, 0.05) is 7.11 Å². The predicted molar refractivity (Wildman–Crippen MR) is 61.4 cm³/mol. The Kier molecular flexibility index (Phi) is 3.04. The van der Waals surface area contributed by atoms with E-state index < -0.39 is 11.4 Å². The number of ether oxygens (including phenoxy) is 1. The second-order valence-corrected chi connectivity index (χ2v) is 4.30. The van der Waals surface area contributed by atoms with Crippen molar-refractivity contribution in [2.45, 2.75) is 19.4 Å². The van der Waals surface area contributed by atoms with Crippen molar-refractivity contribution in [1.82, 2.24) is 10.1 Å². The minimum absolute atomic E-state index is 0.0483. The quantitative estimate of drug-likeness (QED) is 0.908. The molecule has 0 fully saturated rings. The van der Waals surface area contributed by atoms with Gasteiger partial charge in [0.15, 0.2) is 0 Å². The lowest BCUT2D eigenvalue weighted by molar-refractivity contribution is 0.00973. The molecule has 18 heavy (non-hydrogen) atoms. The van der Waals surface area contributed by atoms with Crippen molar-refractivity contribution < 1.29 is 18.8 Å². The molecule has 2 rings (SSSR count). The molecule has 0 amide bonds. The molecular formula is C12H13FN2O3. The summed E-state index contributed by atoms with van der Waals surface area (Å²) in [5.74, 6) is -0.244. The van der Waals surface area contributed by atoms with Crippen LogP contribution in [0, 0.1) is 5.82 Å². The fourth-order valence-corrected chi connectivity index (χ4v) is 1.35. The first-order valence-electron chi connectivity index (χ1n) is 5.32. The zero-order valence-electron chi connectivity index (χ0n) is 10.3. The molecule has 0 aliphatic heterocycles. The SMILES string of the molecule is COC(C)(C)c1noc(-c2cc(F)ccc2O)n1. The lowest BCUT2D eigenvalue weighted by atomic mass is 10.1. The Hall–Kier alpha value is -1.95. The van der Waals surface area contributed by atoms with Gasteiger partial charge in [-0.3, -0.25) is 0 Å². The first kappa shape index (κ1) is 12.5. The molecule has 96 valence electrons. The van der Waals surface area contributed by atoms with Crippen molar-refractivity contribution in [3.63, 3.8) is 0 Å². The molecule has 2 aromatic rings. The number of aromatic hydroxyl groups is 1. The van der Waals surface area contributed by atoms with E-state index in [1.165, 1.54) is 13.2 Å². The average Bonchev–Trinajstić information content (AvgIpc) is 2.82. The first-order chi connectivity index (χ1) is 8.44. The Morgan fingerprint density at radius 1 is 1.39 bits per heavy atom. The van der Waals surface area contributed by atoms with Gasteiger partial charge < -0.3 is 14.4 Å². The largest absolute Gasteiger partial charge is 0.507 e. The van der Waals surface area contributed by atoms with Crippen molar-refractivity contribution >= 4 is 0 Å². The van der Waals surface area contributed by atoms with Crippen LogP contribution in [0.3, 0.4) is 0 Å². The van der Waals surface area contributed by atoms with Crippen molar-refractivity contribution in [3.05, 3.63) is 29.8 Å². The van der Waals surface area contributed by atoms with Gasteiger partial charge in [0.1, 0.15) is 17.2 Å². The number of methoxy groups -OCH3 is 1. The maximum absolute atomic E-state index is 13.1. The third-order valence-corrected chi connectivity index (χ3v) is 2.66. The highest BCUT2D eigenvalue weighted by atomic mass is 19.1. The Balaban J connectivity index is 2.44. The maximum atomic E-state index is 13.1. The smallest absolute Gasteiger partial charge is 0.261 e. The summed E-state index contributed by atoms with van der Waals surface area (Å²) in [6, 6.07) is 3.51. The van der Waals surface area contributed by atoms with Gasteiger partial charge in [-0.25, -0.2) is 4.39 Å². The highest BCUT2D eigenvalue weighted by molar-refractivity contribution is 5.61. The monoisotopic (exact) mass is 252 g/mol. The summed E-state index contributed by atoms with van der Waals surface area (Å²) in [5, 5.41) is 13.4. The summed E-state index contributed by atoms with van der Waals surface area (Å²) >= 11 is 0. The predicted octanol–water partition coefficient (Wildman–Crippen LogP) is 2.46. The molecule has 1 aromatic carbocycles. The van der Waals surface area contributed by atoms with Crippen LogP contribution >= 0.6 is 0 Å². The van der Waals surface area contributed by atoms with Gasteiger partial charge in [-0.1, -0.05) is 5.16 Å². The van der Waals surface area contributed by atoms with E-state index in [2.05, 4.69) is 10.1 Å². The van der Waals surface area contributed by atoms with E-state index in [9.17, 15) is 9.50 Å². The average molecular weight is 252 g/mol. The molecule has 0 saturated heterocycles. The van der Waals surface area contributed by atoms with Gasteiger partial charge in [0.25, 0.3) is 5.89 Å². The van der Waals surface area contributed by atoms with E-state index in [1.54, 1.807) is 13.8 Å². The molecule has 0 aliphatic rings. The number of hydrogen-bond acceptors (Lipinski definition) is 5. The molecule has 0 atom stereocenters. The number of rotatable bonds is 3. The number of phenolic OH excluding ortho intramolecular Hbond substituents is 1. The van der Waals surface area contributed by atoms with Crippen LogP contribution in [0.25, 0.3) is 11.5 Å². The van der Waals surface area contributed by atoms with Crippen LogP contribution in [0.1, 0.15) is 19.7 Å². The zero-order valence-corrected chi connectivity index (χ0v) is 10.3. The highest BCUT2D eigenvalue weighted by Crippen LogP contribution is 2.30. The van der Waals surface area contributed by atoms with Gasteiger partial charge in [-0.05, 0) is 32.0 Å². The van der Waals surface area contributed by atoms with Crippen LogP contribution in [0.5, 0.6) is 5.75 Å². The highest BCUT2D eigenvalue weighted by Gasteiger charge is 2.27. The Morgan fingerprint density at radius 2 is 2.11 bits per heavy atom. The van der Waals surface area contributed by atoms with Gasteiger partial charge >= 0.3 is 0 Å². The van der Waals surface area contributed by atoms with Crippen LogP contribution in [0.2, 0.25) is 0 Å². The first-order valence-corrected chi connectivity index (χ1v) is 5.32. The van der Waals surface area contributed by atoms with Crippen LogP contribution in [0.15, 0.2) is 22.7 Å². The van der Waals surface area contributed by atoms with Crippen LogP contribution in [-0.2, 0) is 10.3 Å². The van der Waals surface area contributed by atoms with E-state index in [1.807, 2.05) is 0 Å². The Bertz CT molecular complexity index is 566. The molecule has 0 unspecified atom stereocenters. The van der Waals surface area contributed by atoms with E-state index in [0.717, 1.165) is 12.1 Å². The van der Waals surface area contributed by atoms with E-state index in [0.29, 0.717) is 5.82 Å². The molecule has 0 bridgehead atoms. The van der Waals surface area contributed by atoms with Gasteiger partial charge in [0.05, 0.1) is 5.56 Å². The number of aromatic nitrogens is 2. The third kappa shape index (κ3) is 2.19. The summed E-state index contributed by atoms with van der Waals surface area (Å²) in [6.07, 6.45) is 0. The fraction of sp³-hybridized carbons (Fsp3) is 0.333. The summed E-state index contributed by atoms with van der Waals surface area (Å²) in [6.45, 7) is 3.54. The number of hydrogen-bond donors (Lipinski definition) is 1. The summed E-state index contributed by atoms with van der Waals surface area (Å²) in [4.78, 5) is 4.10. The van der Waals surface area contributed by atoms with E-state index >= 15 is 0 Å². The van der Waals surface area contributed by atoms with Gasteiger partial charge in [-0.2, -0.15) is 4.98 Å². The zero-order chi connectivity index (χ0) is 13.3. The second kappa shape index (κ2) is 4.38. The molecule has 0 radical (unpaired) electrons. The van der Waals surface area contributed by atoms with E-state index in [4.69, 9.17) is 9.26 Å². The second-order valence-electron chi connectivity index (χ2n) is 4.30. The topological polar surface area (TPSA) is 68.4 Å². The number of halogens is 1. The van der Waals surface area contributed by atoms with Crippen molar-refractivity contribution in [1.29, 1.82) is 0 Å². The number of phenols is 1. The van der Waals surface area contributed by atoms with E-state index in [-0.39, 0.29) is 17.2 Å². The summed E-state index contributed by atoms with van der Waals surface area (Å²) in [7, 11) is 1.52. The Morgan fingerprint density at radius 3 is 2.78 bits per heavy atom. The molecule has 0 aliphatic carbocycles. The molecule has 5 nitrogen and oxygen atoms in total. The molecule has 1 N–H and O–H groups in total. The Labute approximate surface area is 103 Å². The molecule has 6 heteroatoms. The van der Waals surface area contributed by atoms with Crippen molar-refractivity contribution in [2.75, 3.05) is 7.11 Å². The molecule has 0 saturated carbocycles. The number of benzene rings is 1. The van der Waals surface area contributed by atoms with Crippen LogP contribution in [0.4, 0.5) is 4.39 Å². The van der Waals surface area contributed by atoms with Crippen molar-refractivity contribution in [3.8, 4) is 17.2 Å². The third-order valence-electron chi connectivity index (χ3n) is 2.66. The standard InChI is InChI=1S/C12H13FN2O3/c1-12(2,17-3)11-14-10(18-15-11)8-6-7(13)4-5-9(8)16/h4-6,16H,1-3H3. The fourth-order valence-electron chi connectivity index (χ4n) is 1.35. The summed E-state index contributed by atoms with van der Waals surface area (Å²) < 4.78 is 23.3. The van der Waals surface area contributed by atoms with Gasteiger partial charge in [-0.15, -0.1) is 0 Å². The summed E-state index contributed by atoms with van der Waals surface area (Å²) in [5.41, 5.74) is -0.564. The molecule has 1 aromatic heterocycles. The number of nitrogens with zero attached hydrogens (tertiary/aromatic N) is 2. The minimum Gasteiger partial charge on any atom is -0.507 e. The molecule has 1 heterocycles. The normalized spacial score (nSPS) is 11.8. The van der Waals surface area contributed by atoms with Crippen LogP contribution < -0.4 is 0 Å².